The second-order valence-electron chi connectivity index (χ2n) is 8.96. The molecule has 1 aliphatic rings. The van der Waals surface area contributed by atoms with Crippen LogP contribution < -0.4 is 15.2 Å². The van der Waals surface area contributed by atoms with Gasteiger partial charge in [0.05, 0.1) is 19.1 Å². The fourth-order valence-electron chi connectivity index (χ4n) is 4.33. The summed E-state index contributed by atoms with van der Waals surface area (Å²) in [5.41, 5.74) is 9.79. The molecule has 0 spiro atoms. The van der Waals surface area contributed by atoms with Crippen molar-refractivity contribution in [2.75, 3.05) is 26.5 Å². The number of amides is 1. The molecule has 2 N–H and O–H groups in total. The third-order valence-corrected chi connectivity index (χ3v) is 7.30. The molecule has 0 saturated heterocycles. The lowest BCUT2D eigenvalue weighted by molar-refractivity contribution is 0.0656. The number of rotatable bonds is 10. The van der Waals surface area contributed by atoms with Crippen molar-refractivity contribution in [1.82, 2.24) is 9.88 Å². The molecule has 34 heavy (non-hydrogen) atoms. The van der Waals surface area contributed by atoms with E-state index in [9.17, 15) is 4.79 Å². The minimum absolute atomic E-state index is 0.0383. The monoisotopic (exact) mass is 479 g/mol. The molecule has 0 aliphatic heterocycles. The lowest BCUT2D eigenvalue weighted by Crippen LogP contribution is -2.43. The number of hydrogen-bond acceptors (Lipinski definition) is 6. The zero-order valence-corrected chi connectivity index (χ0v) is 21.2. The van der Waals surface area contributed by atoms with Gasteiger partial charge >= 0.3 is 0 Å². The van der Waals surface area contributed by atoms with Crippen LogP contribution in [0.25, 0.3) is 10.4 Å². The maximum Gasteiger partial charge on any atom is 0.274 e. The van der Waals surface area contributed by atoms with Gasteiger partial charge in [0.15, 0.2) is 16.6 Å². The molecule has 0 bridgehead atoms. The van der Waals surface area contributed by atoms with Gasteiger partial charge in [-0.2, -0.15) is 0 Å². The van der Waals surface area contributed by atoms with Crippen LogP contribution in [-0.2, 0) is 6.42 Å². The number of benzene rings is 2. The Kier molecular flexibility index (Phi) is 7.41. The predicted octanol–water partition coefficient (Wildman–Crippen LogP) is 5.59. The highest BCUT2D eigenvalue weighted by Gasteiger charge is 2.33. The quantitative estimate of drug-likeness (QED) is 0.410. The van der Waals surface area contributed by atoms with Crippen LogP contribution in [0.1, 0.15) is 47.8 Å². The molecule has 1 heterocycles. The zero-order chi connectivity index (χ0) is 24.2. The van der Waals surface area contributed by atoms with E-state index >= 15 is 0 Å². The number of aryl methyl sites for hydroxylation is 1. The number of nitrogens with two attached hydrogens (primary N) is 1. The van der Waals surface area contributed by atoms with Crippen LogP contribution in [0.2, 0.25) is 0 Å². The average Bonchev–Trinajstić information content (AvgIpc) is 3.58. The summed E-state index contributed by atoms with van der Waals surface area (Å²) in [6.45, 7) is 4.93. The first-order valence-electron chi connectivity index (χ1n) is 11.8. The van der Waals surface area contributed by atoms with Crippen molar-refractivity contribution in [2.24, 2.45) is 5.92 Å². The highest BCUT2D eigenvalue weighted by molar-refractivity contribution is 7.19. The molecular formula is C27H33N3O3S. The number of carbonyl (C=O) groups excluding carboxylic acids is 1. The van der Waals surface area contributed by atoms with E-state index in [4.69, 9.17) is 15.2 Å². The molecule has 180 valence electrons. The number of thiazole rings is 1. The van der Waals surface area contributed by atoms with Crippen LogP contribution in [0.15, 0.2) is 42.5 Å². The highest BCUT2D eigenvalue weighted by Crippen LogP contribution is 2.36. The summed E-state index contributed by atoms with van der Waals surface area (Å²) < 4.78 is 10.9. The van der Waals surface area contributed by atoms with Crippen molar-refractivity contribution in [3.05, 3.63) is 59.3 Å². The standard InChI is InChI=1S/C27H33N3O3S/c1-5-21(14-19-11-12-22(32-3)23(15-19)33-4)30(16-18-9-10-18)26(31)24-25(34-27(28)29-24)20-8-6-7-17(2)13-20/h6-8,11-13,15,18,21H,5,9-10,14,16H2,1-4H3,(H2,28,29). The zero-order valence-electron chi connectivity index (χ0n) is 20.3. The Hall–Kier alpha value is -3.06. The van der Waals surface area contributed by atoms with E-state index in [2.05, 4.69) is 18.0 Å². The molecule has 7 heteroatoms. The molecular weight excluding hydrogens is 446 g/mol. The number of hydrogen-bond donors (Lipinski definition) is 1. The second-order valence-corrected chi connectivity index (χ2v) is 9.99. The minimum atomic E-state index is -0.0383. The summed E-state index contributed by atoms with van der Waals surface area (Å²) in [6.07, 6.45) is 3.90. The van der Waals surface area contributed by atoms with Crippen LogP contribution in [0.3, 0.4) is 0 Å². The summed E-state index contributed by atoms with van der Waals surface area (Å²) >= 11 is 1.38. The van der Waals surface area contributed by atoms with E-state index in [1.807, 2.05) is 48.2 Å². The van der Waals surface area contributed by atoms with Crippen molar-refractivity contribution in [3.63, 3.8) is 0 Å². The lowest BCUT2D eigenvalue weighted by Gasteiger charge is -2.31. The number of nitrogen functional groups attached to an aromatic ring is 1. The van der Waals surface area contributed by atoms with Crippen molar-refractivity contribution in [1.29, 1.82) is 0 Å². The predicted molar refractivity (Wildman–Crippen MR) is 138 cm³/mol. The molecule has 1 fully saturated rings. The fourth-order valence-corrected chi connectivity index (χ4v) is 5.15. The molecule has 1 aromatic heterocycles. The first kappa shape index (κ1) is 24.1. The van der Waals surface area contributed by atoms with Gasteiger partial charge in [0.25, 0.3) is 5.91 Å². The summed E-state index contributed by atoms with van der Waals surface area (Å²) in [6, 6.07) is 14.2. The van der Waals surface area contributed by atoms with Crippen LogP contribution in [-0.4, -0.2) is 42.6 Å². The van der Waals surface area contributed by atoms with Gasteiger partial charge in [-0.05, 0) is 61.8 Å². The molecule has 2 aromatic carbocycles. The van der Waals surface area contributed by atoms with Crippen LogP contribution >= 0.6 is 11.3 Å². The van der Waals surface area contributed by atoms with Crippen molar-refractivity contribution in [3.8, 4) is 21.9 Å². The van der Waals surface area contributed by atoms with Gasteiger partial charge in [-0.25, -0.2) is 4.98 Å². The molecule has 3 aromatic rings. The van der Waals surface area contributed by atoms with E-state index in [-0.39, 0.29) is 11.9 Å². The summed E-state index contributed by atoms with van der Waals surface area (Å²) in [7, 11) is 3.27. The van der Waals surface area contributed by atoms with Gasteiger partial charge in [-0.15, -0.1) is 0 Å². The maximum atomic E-state index is 14.0. The molecule has 4 rings (SSSR count). The molecule has 1 aliphatic carbocycles. The highest BCUT2D eigenvalue weighted by atomic mass is 32.1. The topological polar surface area (TPSA) is 77.7 Å². The van der Waals surface area contributed by atoms with E-state index in [1.165, 1.54) is 24.2 Å². The lowest BCUT2D eigenvalue weighted by atomic mass is 10.0. The largest absolute Gasteiger partial charge is 0.493 e. The minimum Gasteiger partial charge on any atom is -0.493 e. The second kappa shape index (κ2) is 10.5. The van der Waals surface area contributed by atoms with Gasteiger partial charge in [-0.3, -0.25) is 4.79 Å². The van der Waals surface area contributed by atoms with Crippen LogP contribution in [0.4, 0.5) is 5.13 Å². The average molecular weight is 480 g/mol. The summed E-state index contributed by atoms with van der Waals surface area (Å²) in [5.74, 6) is 1.92. The van der Waals surface area contributed by atoms with Gasteiger partial charge in [0.1, 0.15) is 5.69 Å². The van der Waals surface area contributed by atoms with E-state index < -0.39 is 0 Å². The number of aromatic nitrogens is 1. The number of anilines is 1. The Bertz CT molecular complexity index is 1160. The molecule has 0 radical (unpaired) electrons. The van der Waals surface area contributed by atoms with Crippen LogP contribution in [0.5, 0.6) is 11.5 Å². The van der Waals surface area contributed by atoms with Gasteiger partial charge in [0.2, 0.25) is 0 Å². The first-order chi connectivity index (χ1) is 16.4. The fraction of sp³-hybridized carbons (Fsp3) is 0.407. The molecule has 1 atom stereocenters. The van der Waals surface area contributed by atoms with Gasteiger partial charge in [0, 0.05) is 12.6 Å². The van der Waals surface area contributed by atoms with E-state index in [1.54, 1.807) is 14.2 Å². The van der Waals surface area contributed by atoms with Crippen LogP contribution in [0, 0.1) is 12.8 Å². The summed E-state index contributed by atoms with van der Waals surface area (Å²) in [4.78, 5) is 21.4. The molecule has 1 saturated carbocycles. The Balaban J connectivity index is 1.66. The smallest absolute Gasteiger partial charge is 0.274 e. The molecule has 6 nitrogen and oxygen atoms in total. The van der Waals surface area contributed by atoms with Crippen molar-refractivity contribution in [2.45, 2.75) is 45.6 Å². The number of nitrogens with zero attached hydrogens (tertiary/aromatic N) is 2. The Morgan fingerprint density at radius 3 is 2.59 bits per heavy atom. The number of carbonyl (C=O) groups is 1. The third-order valence-electron chi connectivity index (χ3n) is 6.37. The van der Waals surface area contributed by atoms with Crippen molar-refractivity contribution < 1.29 is 14.3 Å². The number of methoxy groups -OCH3 is 2. The van der Waals surface area contributed by atoms with Crippen molar-refractivity contribution >= 4 is 22.4 Å². The third kappa shape index (κ3) is 5.36. The molecule has 1 amide bonds. The molecule has 1 unspecified atom stereocenters. The van der Waals surface area contributed by atoms with Gasteiger partial charge < -0.3 is 20.1 Å². The number of ether oxygens (including phenoxy) is 2. The maximum absolute atomic E-state index is 14.0. The van der Waals surface area contributed by atoms with Gasteiger partial charge in [-0.1, -0.05) is 54.2 Å². The first-order valence-corrected chi connectivity index (χ1v) is 12.6. The Labute approximate surface area is 205 Å². The Morgan fingerprint density at radius 2 is 1.94 bits per heavy atom. The summed E-state index contributed by atoms with van der Waals surface area (Å²) in [5, 5.41) is 0.416. The van der Waals surface area contributed by atoms with E-state index in [0.717, 1.165) is 41.0 Å². The Morgan fingerprint density at radius 1 is 1.18 bits per heavy atom. The normalized spacial score (nSPS) is 14.0. The SMILES string of the molecule is CCC(Cc1ccc(OC)c(OC)c1)N(CC1CC1)C(=O)c1nc(N)sc1-c1cccc(C)c1. The van der Waals surface area contributed by atoms with E-state index in [0.29, 0.717) is 28.2 Å².